The number of sulfonamides is 1. The average molecular weight is 390 g/mol. The van der Waals surface area contributed by atoms with Gasteiger partial charge in [-0.1, -0.05) is 41.9 Å². The smallest absolute Gasteiger partial charge is 0.242 e. The van der Waals surface area contributed by atoms with Gasteiger partial charge in [-0.25, -0.2) is 13.1 Å². The van der Waals surface area contributed by atoms with Crippen molar-refractivity contribution in [3.8, 4) is 0 Å². The Morgan fingerprint density at radius 1 is 1.04 bits per heavy atom. The molecule has 8 heteroatoms. The number of carbonyl (C=O) groups is 1. The summed E-state index contributed by atoms with van der Waals surface area (Å²) in [5, 5.41) is 3.80. The van der Waals surface area contributed by atoms with Gasteiger partial charge in [-0.2, -0.15) is 0 Å². The molecule has 26 heavy (non-hydrogen) atoms. The summed E-state index contributed by atoms with van der Waals surface area (Å²) in [6, 6.07) is 15.3. The fraction of sp³-hybridized carbons (Fsp3) is 0.111. The fourth-order valence-corrected chi connectivity index (χ4v) is 4.01. The number of rotatable bonds is 6. The van der Waals surface area contributed by atoms with Gasteiger partial charge in [0.25, 0.3) is 0 Å². The molecule has 0 aliphatic heterocycles. The lowest BCUT2D eigenvalue weighted by Crippen LogP contribution is -2.28. The molecule has 0 unspecified atom stereocenters. The predicted molar refractivity (Wildman–Crippen MR) is 102 cm³/mol. The van der Waals surface area contributed by atoms with Crippen LogP contribution in [0.25, 0.3) is 10.9 Å². The third-order valence-corrected chi connectivity index (χ3v) is 5.64. The lowest BCUT2D eigenvalue weighted by atomic mass is 10.2. The Morgan fingerprint density at radius 2 is 1.81 bits per heavy atom. The zero-order chi connectivity index (χ0) is 18.6. The summed E-state index contributed by atoms with van der Waals surface area (Å²) >= 11 is 5.91. The van der Waals surface area contributed by atoms with E-state index < -0.39 is 10.0 Å². The first-order valence-electron chi connectivity index (χ1n) is 7.85. The van der Waals surface area contributed by atoms with Crippen LogP contribution in [0.1, 0.15) is 6.42 Å². The molecule has 0 spiro atoms. The van der Waals surface area contributed by atoms with E-state index in [1.165, 1.54) is 12.1 Å². The van der Waals surface area contributed by atoms with Crippen LogP contribution in [0.4, 0.5) is 5.69 Å². The first kappa shape index (κ1) is 18.3. The summed E-state index contributed by atoms with van der Waals surface area (Å²) in [7, 11) is -3.77. The van der Waals surface area contributed by atoms with E-state index in [0.29, 0.717) is 11.2 Å². The zero-order valence-electron chi connectivity index (χ0n) is 13.6. The molecule has 6 nitrogen and oxygen atoms in total. The highest BCUT2D eigenvalue weighted by molar-refractivity contribution is 7.89. The van der Waals surface area contributed by atoms with Crippen LogP contribution in [0.5, 0.6) is 0 Å². The Kier molecular flexibility index (Phi) is 5.51. The zero-order valence-corrected chi connectivity index (χ0v) is 15.2. The second-order valence-electron chi connectivity index (χ2n) is 5.51. The second kappa shape index (κ2) is 7.82. The lowest BCUT2D eigenvalue weighted by Gasteiger charge is -2.10. The minimum absolute atomic E-state index is 0.0136. The average Bonchev–Trinajstić information content (AvgIpc) is 2.62. The van der Waals surface area contributed by atoms with Gasteiger partial charge in [0.2, 0.25) is 15.9 Å². The molecule has 2 aromatic carbocycles. The van der Waals surface area contributed by atoms with Crippen LogP contribution in [-0.4, -0.2) is 25.9 Å². The second-order valence-corrected chi connectivity index (χ2v) is 7.65. The van der Waals surface area contributed by atoms with E-state index in [-0.39, 0.29) is 28.8 Å². The monoisotopic (exact) mass is 389 g/mol. The van der Waals surface area contributed by atoms with Gasteiger partial charge in [0, 0.05) is 24.5 Å². The third-order valence-electron chi connectivity index (χ3n) is 3.68. The van der Waals surface area contributed by atoms with Crippen molar-refractivity contribution >= 4 is 44.1 Å². The number of pyridine rings is 1. The first-order chi connectivity index (χ1) is 12.5. The molecule has 1 aromatic heterocycles. The summed E-state index contributed by atoms with van der Waals surface area (Å²) < 4.78 is 26.8. The highest BCUT2D eigenvalue weighted by Crippen LogP contribution is 2.21. The molecule has 0 atom stereocenters. The number of benzene rings is 2. The van der Waals surface area contributed by atoms with Crippen LogP contribution < -0.4 is 10.0 Å². The number of nitrogens with zero attached hydrogens (tertiary/aromatic N) is 1. The molecule has 0 aliphatic rings. The summed E-state index contributed by atoms with van der Waals surface area (Å²) in [5.74, 6) is -0.315. The molecule has 0 saturated heterocycles. The van der Waals surface area contributed by atoms with Crippen molar-refractivity contribution in [3.05, 3.63) is 65.8 Å². The molecular formula is C18H16ClN3O3S. The molecule has 0 bridgehead atoms. The maximum atomic E-state index is 12.2. The number of hydrogen-bond acceptors (Lipinski definition) is 4. The Labute approximate surface area is 156 Å². The number of amides is 1. The molecule has 0 radical (unpaired) electrons. The predicted octanol–water partition coefficient (Wildman–Crippen LogP) is 3.20. The highest BCUT2D eigenvalue weighted by Gasteiger charge is 2.17. The maximum absolute atomic E-state index is 12.2. The van der Waals surface area contributed by atoms with Gasteiger partial charge in [0.15, 0.2) is 0 Å². The van der Waals surface area contributed by atoms with E-state index in [1.807, 2.05) is 24.3 Å². The van der Waals surface area contributed by atoms with Crippen molar-refractivity contribution in [1.29, 1.82) is 0 Å². The lowest BCUT2D eigenvalue weighted by molar-refractivity contribution is -0.116. The summed E-state index contributed by atoms with van der Waals surface area (Å²) in [6.07, 6.45) is 1.63. The van der Waals surface area contributed by atoms with Crippen LogP contribution >= 0.6 is 11.6 Å². The number of aromatic nitrogens is 1. The number of anilines is 1. The van der Waals surface area contributed by atoms with E-state index in [4.69, 9.17) is 11.6 Å². The number of nitrogens with one attached hydrogen (secondary N) is 2. The quantitative estimate of drug-likeness (QED) is 0.677. The Bertz CT molecular complexity index is 1050. The number of carbonyl (C=O) groups excluding carboxylic acids is 1. The summed E-state index contributed by atoms with van der Waals surface area (Å²) in [5.41, 5.74) is 1.27. The van der Waals surface area contributed by atoms with Crippen molar-refractivity contribution < 1.29 is 13.2 Å². The molecule has 3 aromatic rings. The first-order valence-corrected chi connectivity index (χ1v) is 9.71. The maximum Gasteiger partial charge on any atom is 0.242 e. The molecule has 1 heterocycles. The van der Waals surface area contributed by atoms with Gasteiger partial charge < -0.3 is 5.32 Å². The number of fused-ring (bicyclic) bond motifs is 1. The van der Waals surface area contributed by atoms with Crippen molar-refractivity contribution in [2.45, 2.75) is 11.3 Å². The van der Waals surface area contributed by atoms with E-state index in [0.717, 1.165) is 5.39 Å². The third kappa shape index (κ3) is 4.19. The van der Waals surface area contributed by atoms with E-state index in [9.17, 15) is 13.2 Å². The molecule has 134 valence electrons. The van der Waals surface area contributed by atoms with Gasteiger partial charge in [-0.05, 0) is 24.3 Å². The SMILES string of the molecule is O=C(CCNS(=O)(=O)c1ccccc1Cl)Nc1cccc2cccnc12. The minimum atomic E-state index is -3.77. The number of halogens is 1. The Balaban J connectivity index is 1.62. The normalized spacial score (nSPS) is 11.4. The van der Waals surface area contributed by atoms with Crippen LogP contribution in [0.2, 0.25) is 5.02 Å². The fourth-order valence-electron chi connectivity index (χ4n) is 2.46. The topological polar surface area (TPSA) is 88.2 Å². The van der Waals surface area contributed by atoms with Crippen molar-refractivity contribution in [3.63, 3.8) is 0 Å². The van der Waals surface area contributed by atoms with Crippen molar-refractivity contribution in [1.82, 2.24) is 9.71 Å². The summed E-state index contributed by atoms with van der Waals surface area (Å²) in [6.45, 7) is -0.0441. The van der Waals surface area contributed by atoms with Crippen molar-refractivity contribution in [2.24, 2.45) is 0 Å². The molecule has 0 aliphatic carbocycles. The van der Waals surface area contributed by atoms with Crippen LogP contribution in [0.15, 0.2) is 65.7 Å². The molecular weight excluding hydrogens is 374 g/mol. The van der Waals surface area contributed by atoms with Crippen LogP contribution in [0.3, 0.4) is 0 Å². The van der Waals surface area contributed by atoms with Crippen LogP contribution in [0, 0.1) is 0 Å². The van der Waals surface area contributed by atoms with Crippen molar-refractivity contribution in [2.75, 3.05) is 11.9 Å². The van der Waals surface area contributed by atoms with Gasteiger partial charge in [0.1, 0.15) is 4.90 Å². The van der Waals surface area contributed by atoms with Gasteiger partial charge in [-0.15, -0.1) is 0 Å². The summed E-state index contributed by atoms with van der Waals surface area (Å²) in [4.78, 5) is 16.4. The van der Waals surface area contributed by atoms with Gasteiger partial charge in [0.05, 0.1) is 16.2 Å². The van der Waals surface area contributed by atoms with Crippen LogP contribution in [-0.2, 0) is 14.8 Å². The molecule has 0 fully saturated rings. The molecule has 3 rings (SSSR count). The minimum Gasteiger partial charge on any atom is -0.324 e. The van der Waals surface area contributed by atoms with Gasteiger partial charge >= 0.3 is 0 Å². The number of hydrogen-bond donors (Lipinski definition) is 2. The van der Waals surface area contributed by atoms with E-state index in [1.54, 1.807) is 24.4 Å². The highest BCUT2D eigenvalue weighted by atomic mass is 35.5. The molecule has 0 saturated carbocycles. The number of para-hydroxylation sites is 1. The molecule has 1 amide bonds. The Hall–Kier alpha value is -2.48. The Morgan fingerprint density at radius 3 is 2.62 bits per heavy atom. The standard InChI is InChI=1S/C18H16ClN3O3S/c19-14-7-1-2-9-16(14)26(24,25)21-12-10-17(23)22-15-8-3-5-13-6-4-11-20-18(13)15/h1-9,11,21H,10,12H2,(H,22,23). The van der Waals surface area contributed by atoms with E-state index in [2.05, 4.69) is 15.0 Å². The van der Waals surface area contributed by atoms with E-state index >= 15 is 0 Å². The van der Waals surface area contributed by atoms with Gasteiger partial charge in [-0.3, -0.25) is 9.78 Å². The largest absolute Gasteiger partial charge is 0.324 e. The molecule has 2 N–H and O–H groups in total.